The van der Waals surface area contributed by atoms with Crippen molar-refractivity contribution in [3.05, 3.63) is 64.7 Å². The summed E-state index contributed by atoms with van der Waals surface area (Å²) < 4.78 is 5.62. The maximum Gasteiger partial charge on any atom is 0.220 e. The Morgan fingerprint density at radius 2 is 1.96 bits per heavy atom. The van der Waals surface area contributed by atoms with E-state index in [0.29, 0.717) is 24.5 Å². The Labute approximate surface area is 148 Å². The highest BCUT2D eigenvalue weighted by Crippen LogP contribution is 2.29. The van der Waals surface area contributed by atoms with Crippen LogP contribution in [0.2, 0.25) is 5.02 Å². The fraction of sp³-hybridized carbons (Fsp3) is 0.350. The van der Waals surface area contributed by atoms with Gasteiger partial charge >= 0.3 is 0 Å². The number of nitrogens with one attached hydrogen (secondary N) is 1. The van der Waals surface area contributed by atoms with E-state index in [-0.39, 0.29) is 11.9 Å². The van der Waals surface area contributed by atoms with Gasteiger partial charge in [-0.3, -0.25) is 4.79 Å². The second-order valence-corrected chi connectivity index (χ2v) is 6.55. The van der Waals surface area contributed by atoms with Gasteiger partial charge in [-0.25, -0.2) is 0 Å². The van der Waals surface area contributed by atoms with Crippen LogP contribution in [-0.2, 0) is 11.2 Å². The predicted octanol–water partition coefficient (Wildman–Crippen LogP) is 4.69. The van der Waals surface area contributed by atoms with Crippen molar-refractivity contribution in [1.82, 2.24) is 5.32 Å². The summed E-state index contributed by atoms with van der Waals surface area (Å²) in [6.07, 6.45) is 4.43. The lowest BCUT2D eigenvalue weighted by Gasteiger charge is -2.26. The highest BCUT2D eigenvalue weighted by Gasteiger charge is 2.20. The van der Waals surface area contributed by atoms with Crippen LogP contribution in [0, 0.1) is 0 Å². The van der Waals surface area contributed by atoms with Crippen LogP contribution in [-0.4, -0.2) is 12.5 Å². The first-order valence-corrected chi connectivity index (χ1v) is 8.86. The monoisotopic (exact) mass is 343 g/mol. The molecule has 24 heavy (non-hydrogen) atoms. The number of benzene rings is 2. The fourth-order valence-corrected chi connectivity index (χ4v) is 3.25. The normalized spacial score (nSPS) is 16.3. The number of amides is 1. The zero-order valence-electron chi connectivity index (χ0n) is 13.6. The number of hydrogen-bond donors (Lipinski definition) is 1. The van der Waals surface area contributed by atoms with Gasteiger partial charge in [0.1, 0.15) is 5.75 Å². The standard InChI is InChI=1S/C20H22ClNO2/c21-16-10-12-17(13-11-16)24-14-4-9-20(23)22-19-8-3-6-15-5-1-2-7-18(15)19/h1-2,5,7,10-13,19H,3-4,6,8-9,14H2,(H,22,23)/t19-/m0/s1. The smallest absolute Gasteiger partial charge is 0.220 e. The third kappa shape index (κ3) is 4.51. The molecule has 2 aromatic rings. The Kier molecular flexibility index (Phi) is 5.76. The summed E-state index contributed by atoms with van der Waals surface area (Å²) in [6, 6.07) is 15.8. The lowest BCUT2D eigenvalue weighted by atomic mass is 9.87. The Morgan fingerprint density at radius 1 is 1.17 bits per heavy atom. The number of aryl methyl sites for hydroxylation is 1. The molecule has 126 valence electrons. The molecule has 3 rings (SSSR count). The van der Waals surface area contributed by atoms with Crippen LogP contribution in [0.5, 0.6) is 5.75 Å². The zero-order chi connectivity index (χ0) is 16.8. The van der Waals surface area contributed by atoms with E-state index in [4.69, 9.17) is 16.3 Å². The van der Waals surface area contributed by atoms with Crippen molar-refractivity contribution in [1.29, 1.82) is 0 Å². The zero-order valence-corrected chi connectivity index (χ0v) is 14.4. The predicted molar refractivity (Wildman–Crippen MR) is 96.4 cm³/mol. The largest absolute Gasteiger partial charge is 0.494 e. The molecule has 2 aromatic carbocycles. The summed E-state index contributed by atoms with van der Waals surface area (Å²) in [6.45, 7) is 0.524. The third-order valence-electron chi connectivity index (χ3n) is 4.34. The number of ether oxygens (including phenoxy) is 1. The molecule has 0 radical (unpaired) electrons. The average Bonchev–Trinajstić information content (AvgIpc) is 2.61. The molecular formula is C20H22ClNO2. The number of halogens is 1. The van der Waals surface area contributed by atoms with Crippen LogP contribution in [0.15, 0.2) is 48.5 Å². The Morgan fingerprint density at radius 3 is 2.79 bits per heavy atom. The van der Waals surface area contributed by atoms with Crippen molar-refractivity contribution in [2.24, 2.45) is 0 Å². The van der Waals surface area contributed by atoms with Crippen LogP contribution in [0.1, 0.15) is 42.9 Å². The summed E-state index contributed by atoms with van der Waals surface area (Å²) in [7, 11) is 0. The van der Waals surface area contributed by atoms with Gasteiger partial charge in [-0.05, 0) is 61.1 Å². The second kappa shape index (κ2) is 8.20. The Hall–Kier alpha value is -2.00. The summed E-state index contributed by atoms with van der Waals surface area (Å²) >= 11 is 5.83. The summed E-state index contributed by atoms with van der Waals surface area (Å²) in [5.41, 5.74) is 2.63. The van der Waals surface area contributed by atoms with Crippen molar-refractivity contribution >= 4 is 17.5 Å². The van der Waals surface area contributed by atoms with Crippen molar-refractivity contribution < 1.29 is 9.53 Å². The molecule has 0 heterocycles. The van der Waals surface area contributed by atoms with E-state index >= 15 is 0 Å². The van der Waals surface area contributed by atoms with Gasteiger partial charge in [0, 0.05) is 11.4 Å². The molecule has 3 nitrogen and oxygen atoms in total. The van der Waals surface area contributed by atoms with E-state index in [1.807, 2.05) is 18.2 Å². The minimum absolute atomic E-state index is 0.0939. The van der Waals surface area contributed by atoms with Crippen molar-refractivity contribution in [3.63, 3.8) is 0 Å². The van der Waals surface area contributed by atoms with Crippen LogP contribution in [0.4, 0.5) is 0 Å². The van der Waals surface area contributed by atoms with Crippen molar-refractivity contribution in [2.75, 3.05) is 6.61 Å². The summed E-state index contributed by atoms with van der Waals surface area (Å²) in [5.74, 6) is 0.873. The molecule has 1 N–H and O–H groups in total. The number of carbonyl (C=O) groups excluding carboxylic acids is 1. The van der Waals surface area contributed by atoms with Crippen molar-refractivity contribution in [3.8, 4) is 5.75 Å². The molecule has 1 amide bonds. The number of hydrogen-bond acceptors (Lipinski definition) is 2. The Bertz CT molecular complexity index is 684. The molecular weight excluding hydrogens is 322 g/mol. The molecule has 0 aromatic heterocycles. The maximum absolute atomic E-state index is 12.2. The summed E-state index contributed by atoms with van der Waals surface area (Å²) in [4.78, 5) is 12.2. The molecule has 0 unspecified atom stereocenters. The lowest BCUT2D eigenvalue weighted by molar-refractivity contribution is -0.122. The van der Waals surface area contributed by atoms with Gasteiger partial charge in [0.05, 0.1) is 12.6 Å². The molecule has 1 atom stereocenters. The SMILES string of the molecule is O=C(CCCOc1ccc(Cl)cc1)N[C@H]1CCCc2ccccc21. The molecule has 4 heteroatoms. The average molecular weight is 344 g/mol. The topological polar surface area (TPSA) is 38.3 Å². The second-order valence-electron chi connectivity index (χ2n) is 6.12. The van der Waals surface area contributed by atoms with Gasteiger partial charge < -0.3 is 10.1 Å². The van der Waals surface area contributed by atoms with Gasteiger partial charge in [0.15, 0.2) is 0 Å². The quantitative estimate of drug-likeness (QED) is 0.772. The third-order valence-corrected chi connectivity index (χ3v) is 4.59. The molecule has 0 saturated carbocycles. The molecule has 0 fully saturated rings. The molecule has 0 saturated heterocycles. The van der Waals surface area contributed by atoms with Gasteiger partial charge in [0.2, 0.25) is 5.91 Å². The van der Waals surface area contributed by atoms with E-state index in [2.05, 4.69) is 23.5 Å². The number of fused-ring (bicyclic) bond motifs is 1. The first-order valence-electron chi connectivity index (χ1n) is 8.48. The first kappa shape index (κ1) is 16.8. The van der Waals surface area contributed by atoms with E-state index in [0.717, 1.165) is 25.0 Å². The van der Waals surface area contributed by atoms with E-state index in [1.54, 1.807) is 12.1 Å². The van der Waals surface area contributed by atoms with E-state index in [1.165, 1.54) is 11.1 Å². The van der Waals surface area contributed by atoms with E-state index in [9.17, 15) is 4.79 Å². The highest BCUT2D eigenvalue weighted by molar-refractivity contribution is 6.30. The van der Waals surface area contributed by atoms with Crippen LogP contribution < -0.4 is 10.1 Å². The van der Waals surface area contributed by atoms with Crippen molar-refractivity contribution in [2.45, 2.75) is 38.1 Å². The Balaban J connectivity index is 1.42. The van der Waals surface area contributed by atoms with Gasteiger partial charge in [-0.1, -0.05) is 35.9 Å². The van der Waals surface area contributed by atoms with Crippen LogP contribution in [0.25, 0.3) is 0 Å². The minimum Gasteiger partial charge on any atom is -0.494 e. The van der Waals surface area contributed by atoms with E-state index < -0.39 is 0 Å². The number of carbonyl (C=O) groups is 1. The molecule has 0 bridgehead atoms. The minimum atomic E-state index is 0.0939. The molecule has 0 aliphatic heterocycles. The molecule has 0 spiro atoms. The first-order chi connectivity index (χ1) is 11.7. The van der Waals surface area contributed by atoms with Crippen LogP contribution in [0.3, 0.4) is 0 Å². The van der Waals surface area contributed by atoms with Gasteiger partial charge in [0.25, 0.3) is 0 Å². The summed E-state index contributed by atoms with van der Waals surface area (Å²) in [5, 5.41) is 3.86. The lowest BCUT2D eigenvalue weighted by Crippen LogP contribution is -2.31. The van der Waals surface area contributed by atoms with Gasteiger partial charge in [-0.2, -0.15) is 0 Å². The molecule has 1 aliphatic carbocycles. The molecule has 1 aliphatic rings. The fourth-order valence-electron chi connectivity index (χ4n) is 3.12. The van der Waals surface area contributed by atoms with Crippen LogP contribution >= 0.6 is 11.6 Å². The highest BCUT2D eigenvalue weighted by atomic mass is 35.5. The van der Waals surface area contributed by atoms with Gasteiger partial charge in [-0.15, -0.1) is 0 Å². The maximum atomic E-state index is 12.2. The number of rotatable bonds is 6.